The maximum atomic E-state index is 12.6. The van der Waals surface area contributed by atoms with Gasteiger partial charge in [0.2, 0.25) is 0 Å². The molecule has 1 aromatic carbocycles. The number of carbonyl (C=O) groups excluding carboxylic acids is 2. The van der Waals surface area contributed by atoms with Crippen molar-refractivity contribution in [1.82, 2.24) is 10.1 Å². The van der Waals surface area contributed by atoms with E-state index in [1.807, 2.05) is 26.0 Å². The fourth-order valence-corrected chi connectivity index (χ4v) is 3.78. The summed E-state index contributed by atoms with van der Waals surface area (Å²) in [6.07, 6.45) is 1.70. The van der Waals surface area contributed by atoms with Crippen molar-refractivity contribution < 1.29 is 19.2 Å². The zero-order valence-corrected chi connectivity index (χ0v) is 17.0. The highest BCUT2D eigenvalue weighted by atomic mass is 16.5. The molecule has 0 saturated heterocycles. The molecule has 0 aliphatic heterocycles. The summed E-state index contributed by atoms with van der Waals surface area (Å²) >= 11 is 0. The van der Waals surface area contributed by atoms with Crippen molar-refractivity contribution >= 4 is 11.7 Å². The van der Waals surface area contributed by atoms with Gasteiger partial charge in [-0.1, -0.05) is 31.1 Å². The SMILES string of the molecule is CC(C)N(CCO)C(=O)c1ccc(Cc2onc3c2C(=O)CC(C)(C)C3)cc1. The van der Waals surface area contributed by atoms with E-state index in [0.29, 0.717) is 36.3 Å². The summed E-state index contributed by atoms with van der Waals surface area (Å²) in [4.78, 5) is 26.8. The molecule has 0 fully saturated rings. The molecule has 0 atom stereocenters. The number of ketones is 1. The van der Waals surface area contributed by atoms with Crippen LogP contribution in [0.1, 0.15) is 71.8 Å². The summed E-state index contributed by atoms with van der Waals surface area (Å²) in [5.74, 6) is 0.578. The van der Waals surface area contributed by atoms with Crippen LogP contribution in [0.4, 0.5) is 0 Å². The number of Topliss-reactive ketones (excluding diaryl/α,β-unsaturated/α-hetero) is 1. The minimum Gasteiger partial charge on any atom is -0.395 e. The minimum atomic E-state index is -0.106. The van der Waals surface area contributed by atoms with Gasteiger partial charge in [-0.3, -0.25) is 9.59 Å². The van der Waals surface area contributed by atoms with Gasteiger partial charge < -0.3 is 14.5 Å². The van der Waals surface area contributed by atoms with E-state index in [2.05, 4.69) is 19.0 Å². The molecule has 0 spiro atoms. The van der Waals surface area contributed by atoms with Gasteiger partial charge in [-0.15, -0.1) is 0 Å². The molecule has 28 heavy (non-hydrogen) atoms. The van der Waals surface area contributed by atoms with Crippen LogP contribution < -0.4 is 0 Å². The number of aromatic nitrogens is 1. The molecule has 150 valence electrons. The third kappa shape index (κ3) is 4.17. The van der Waals surface area contributed by atoms with Gasteiger partial charge in [0, 0.05) is 31.0 Å². The molecule has 1 N–H and O–H groups in total. The molecular formula is C22H28N2O4. The Kier molecular flexibility index (Phi) is 5.70. The summed E-state index contributed by atoms with van der Waals surface area (Å²) in [5.41, 5.74) is 2.82. The largest absolute Gasteiger partial charge is 0.395 e. The van der Waals surface area contributed by atoms with E-state index in [-0.39, 0.29) is 29.8 Å². The van der Waals surface area contributed by atoms with Gasteiger partial charge in [-0.2, -0.15) is 0 Å². The van der Waals surface area contributed by atoms with E-state index in [1.165, 1.54) is 0 Å². The van der Waals surface area contributed by atoms with Crippen LogP contribution in [0, 0.1) is 5.41 Å². The Bertz CT molecular complexity index is 865. The normalized spacial score (nSPS) is 15.6. The average Bonchev–Trinajstić information content (AvgIpc) is 3.01. The van der Waals surface area contributed by atoms with Gasteiger partial charge in [0.15, 0.2) is 11.5 Å². The van der Waals surface area contributed by atoms with Crippen LogP contribution >= 0.6 is 0 Å². The van der Waals surface area contributed by atoms with E-state index in [9.17, 15) is 14.7 Å². The van der Waals surface area contributed by atoms with Crippen LogP contribution in [0.5, 0.6) is 0 Å². The number of hydrogen-bond donors (Lipinski definition) is 1. The number of benzene rings is 1. The molecule has 0 bridgehead atoms. The molecule has 1 heterocycles. The van der Waals surface area contributed by atoms with Gasteiger partial charge in [-0.25, -0.2) is 0 Å². The second kappa shape index (κ2) is 7.87. The van der Waals surface area contributed by atoms with Gasteiger partial charge in [-0.05, 0) is 43.4 Å². The highest BCUT2D eigenvalue weighted by Crippen LogP contribution is 2.36. The van der Waals surface area contributed by atoms with Crippen LogP contribution in [-0.4, -0.2) is 46.0 Å². The Morgan fingerprint density at radius 2 is 1.93 bits per heavy atom. The van der Waals surface area contributed by atoms with Gasteiger partial charge in [0.05, 0.1) is 17.9 Å². The average molecular weight is 384 g/mol. The van der Waals surface area contributed by atoms with Crippen LogP contribution in [0.2, 0.25) is 0 Å². The summed E-state index contributed by atoms with van der Waals surface area (Å²) in [5, 5.41) is 13.3. The van der Waals surface area contributed by atoms with Crippen molar-refractivity contribution in [3.05, 3.63) is 52.4 Å². The van der Waals surface area contributed by atoms with Crippen molar-refractivity contribution in [2.45, 2.75) is 53.0 Å². The topological polar surface area (TPSA) is 83.6 Å². The third-order valence-electron chi connectivity index (χ3n) is 5.19. The Hall–Kier alpha value is -2.47. The number of amides is 1. The van der Waals surface area contributed by atoms with Gasteiger partial charge >= 0.3 is 0 Å². The fourth-order valence-electron chi connectivity index (χ4n) is 3.78. The molecule has 1 amide bonds. The predicted octanol–water partition coefficient (Wildman–Crippen LogP) is 3.26. The number of rotatable bonds is 6. The maximum Gasteiger partial charge on any atom is 0.254 e. The van der Waals surface area contributed by atoms with E-state index >= 15 is 0 Å². The van der Waals surface area contributed by atoms with E-state index in [0.717, 1.165) is 17.7 Å². The summed E-state index contributed by atoms with van der Waals surface area (Å²) in [7, 11) is 0. The molecule has 1 aromatic heterocycles. The standard InChI is InChI=1S/C22H28N2O4/c1-14(2)24(9-10-25)21(27)16-7-5-15(6-8-16)11-19-20-17(23-28-19)12-22(3,4)13-18(20)26/h5-8,14,25H,9-13H2,1-4H3. The summed E-state index contributed by atoms with van der Waals surface area (Å²) < 4.78 is 5.49. The van der Waals surface area contributed by atoms with Crippen molar-refractivity contribution in [3.8, 4) is 0 Å². The highest BCUT2D eigenvalue weighted by Gasteiger charge is 2.36. The summed E-state index contributed by atoms with van der Waals surface area (Å²) in [6.45, 7) is 8.22. The van der Waals surface area contributed by atoms with Crippen LogP contribution in [0.25, 0.3) is 0 Å². The second-order valence-corrected chi connectivity index (χ2v) is 8.56. The Morgan fingerprint density at radius 3 is 2.54 bits per heavy atom. The first kappa shape index (κ1) is 20.3. The first-order valence-electron chi connectivity index (χ1n) is 9.73. The van der Waals surface area contributed by atoms with E-state index in [4.69, 9.17) is 4.52 Å². The van der Waals surface area contributed by atoms with E-state index < -0.39 is 0 Å². The maximum absolute atomic E-state index is 12.6. The Balaban J connectivity index is 1.77. The van der Waals surface area contributed by atoms with Crippen molar-refractivity contribution in [1.29, 1.82) is 0 Å². The predicted molar refractivity (Wildman–Crippen MR) is 105 cm³/mol. The van der Waals surface area contributed by atoms with Gasteiger partial charge in [0.1, 0.15) is 0 Å². The molecule has 0 radical (unpaired) electrons. The number of nitrogens with zero attached hydrogens (tertiary/aromatic N) is 2. The molecule has 6 heteroatoms. The number of fused-ring (bicyclic) bond motifs is 1. The molecule has 0 unspecified atom stereocenters. The third-order valence-corrected chi connectivity index (χ3v) is 5.19. The number of aliphatic hydroxyl groups excluding tert-OH is 1. The zero-order chi connectivity index (χ0) is 20.5. The van der Waals surface area contributed by atoms with Crippen molar-refractivity contribution in [2.75, 3.05) is 13.2 Å². The first-order chi connectivity index (χ1) is 13.2. The van der Waals surface area contributed by atoms with Gasteiger partial charge in [0.25, 0.3) is 5.91 Å². The number of carbonyl (C=O) groups is 2. The smallest absolute Gasteiger partial charge is 0.254 e. The number of aliphatic hydroxyl groups is 1. The summed E-state index contributed by atoms with van der Waals surface area (Å²) in [6, 6.07) is 7.31. The lowest BCUT2D eigenvalue weighted by Crippen LogP contribution is -2.38. The Labute approximate surface area is 165 Å². The molecule has 1 aliphatic carbocycles. The lowest BCUT2D eigenvalue weighted by molar-refractivity contribution is 0.0665. The minimum absolute atomic E-state index is 0.00954. The molecule has 2 aromatic rings. The quantitative estimate of drug-likeness (QED) is 0.826. The monoisotopic (exact) mass is 384 g/mol. The molecule has 6 nitrogen and oxygen atoms in total. The zero-order valence-electron chi connectivity index (χ0n) is 17.0. The second-order valence-electron chi connectivity index (χ2n) is 8.56. The first-order valence-corrected chi connectivity index (χ1v) is 9.73. The number of hydrogen-bond acceptors (Lipinski definition) is 5. The van der Waals surface area contributed by atoms with Crippen LogP contribution in [-0.2, 0) is 12.8 Å². The molecule has 3 rings (SSSR count). The van der Waals surface area contributed by atoms with Crippen molar-refractivity contribution in [2.24, 2.45) is 5.41 Å². The lowest BCUT2D eigenvalue weighted by atomic mass is 9.75. The fraction of sp³-hybridized carbons (Fsp3) is 0.500. The van der Waals surface area contributed by atoms with Crippen molar-refractivity contribution in [3.63, 3.8) is 0 Å². The molecule has 1 aliphatic rings. The molecule has 0 saturated carbocycles. The Morgan fingerprint density at radius 1 is 1.25 bits per heavy atom. The van der Waals surface area contributed by atoms with Crippen LogP contribution in [0.15, 0.2) is 28.8 Å². The lowest BCUT2D eigenvalue weighted by Gasteiger charge is -2.27. The highest BCUT2D eigenvalue weighted by molar-refractivity contribution is 5.99. The molecular weight excluding hydrogens is 356 g/mol. The van der Waals surface area contributed by atoms with Crippen LogP contribution in [0.3, 0.4) is 0 Å². The van der Waals surface area contributed by atoms with E-state index in [1.54, 1.807) is 17.0 Å².